The molecule has 0 saturated heterocycles. The highest BCUT2D eigenvalue weighted by atomic mass is 16.1. The first kappa shape index (κ1) is 23.2. The summed E-state index contributed by atoms with van der Waals surface area (Å²) in [6.07, 6.45) is 6.31. The lowest BCUT2D eigenvalue weighted by Crippen LogP contribution is -2.27. The number of likely N-dealkylation sites (N-methyl/N-ethyl adjacent to an activating group) is 1. The van der Waals surface area contributed by atoms with E-state index in [-0.39, 0.29) is 18.8 Å². The van der Waals surface area contributed by atoms with Gasteiger partial charge in [0, 0.05) is 44.1 Å². The van der Waals surface area contributed by atoms with Gasteiger partial charge in [-0.15, -0.1) is 0 Å². The Balaban J connectivity index is 0.00000304. The van der Waals surface area contributed by atoms with Gasteiger partial charge in [-0.1, -0.05) is 26.8 Å². The van der Waals surface area contributed by atoms with E-state index in [0.717, 1.165) is 43.7 Å². The van der Waals surface area contributed by atoms with Crippen molar-refractivity contribution in [2.24, 2.45) is 0 Å². The van der Waals surface area contributed by atoms with Crippen LogP contribution in [-0.2, 0) is 18.4 Å². The first-order valence-electron chi connectivity index (χ1n) is 12.1. The van der Waals surface area contributed by atoms with Crippen molar-refractivity contribution in [3.05, 3.63) is 59.0 Å². The third kappa shape index (κ3) is 5.57. The first-order valence-corrected chi connectivity index (χ1v) is 12.1. The van der Waals surface area contributed by atoms with Crippen LogP contribution >= 0.6 is 0 Å². The number of amides is 1. The molecule has 1 fully saturated rings. The molecule has 2 aliphatic rings. The molecule has 5 rings (SSSR count). The Hall–Kier alpha value is -3.59. The minimum absolute atomic E-state index is 0. The van der Waals surface area contributed by atoms with Gasteiger partial charge in [-0.2, -0.15) is 4.98 Å². The van der Waals surface area contributed by atoms with Crippen LogP contribution in [0.2, 0.25) is 0 Å². The van der Waals surface area contributed by atoms with E-state index in [0.29, 0.717) is 23.3 Å². The normalized spacial score (nSPS) is 15.9. The van der Waals surface area contributed by atoms with Gasteiger partial charge in [0.15, 0.2) is 5.82 Å². The molecule has 0 spiro atoms. The maximum atomic E-state index is 12.9. The number of fused-ring (bicyclic) bond motifs is 1. The van der Waals surface area contributed by atoms with Crippen molar-refractivity contribution < 1.29 is 6.22 Å². The van der Waals surface area contributed by atoms with E-state index in [9.17, 15) is 4.79 Å². The molecule has 0 radical (unpaired) electrons. The smallest absolute Gasteiger partial charge is 0.256 e. The zero-order valence-corrected chi connectivity index (χ0v) is 20.7. The topological polar surface area (TPSA) is 108 Å². The number of hydrogen-bond donors (Lipinski definition) is 3. The summed E-state index contributed by atoms with van der Waals surface area (Å²) in [5.74, 6) is 0.945. The molecule has 3 N–H and O–H groups in total. The van der Waals surface area contributed by atoms with Crippen LogP contribution in [0.15, 0.2) is 36.7 Å². The molecular formula is C26H34N8O. The van der Waals surface area contributed by atoms with Gasteiger partial charge >= 0.3 is 0 Å². The van der Waals surface area contributed by atoms with E-state index in [1.54, 1.807) is 12.4 Å². The fourth-order valence-corrected chi connectivity index (χ4v) is 4.04. The lowest BCUT2D eigenvalue weighted by Gasteiger charge is -2.25. The minimum atomic E-state index is -0.203. The summed E-state index contributed by atoms with van der Waals surface area (Å²) in [6, 6.07) is 8.47. The summed E-state index contributed by atoms with van der Waals surface area (Å²) in [5.41, 5.74) is 4.70. The van der Waals surface area contributed by atoms with E-state index in [2.05, 4.69) is 80.7 Å². The zero-order valence-electron chi connectivity index (χ0n) is 20.7. The predicted octanol–water partition coefficient (Wildman–Crippen LogP) is 4.18. The summed E-state index contributed by atoms with van der Waals surface area (Å²) in [5, 5.41) is 9.47. The molecule has 3 heterocycles. The van der Waals surface area contributed by atoms with Crippen molar-refractivity contribution in [3.63, 3.8) is 0 Å². The molecular weight excluding hydrogens is 440 g/mol. The van der Waals surface area contributed by atoms with Gasteiger partial charge in [0.1, 0.15) is 5.56 Å². The van der Waals surface area contributed by atoms with E-state index >= 15 is 0 Å². The van der Waals surface area contributed by atoms with Gasteiger partial charge in [0.2, 0.25) is 11.9 Å². The number of aromatic nitrogens is 4. The van der Waals surface area contributed by atoms with Gasteiger partial charge in [-0.05, 0) is 55.6 Å². The Morgan fingerprint density at radius 2 is 1.86 bits per heavy atom. The van der Waals surface area contributed by atoms with E-state index in [4.69, 9.17) is 0 Å². The van der Waals surface area contributed by atoms with Crippen LogP contribution in [0.4, 0.5) is 23.4 Å². The predicted molar refractivity (Wildman–Crippen MR) is 138 cm³/mol. The van der Waals surface area contributed by atoms with Crippen molar-refractivity contribution >= 4 is 29.3 Å². The lowest BCUT2D eigenvalue weighted by molar-refractivity contribution is 0.0951. The number of anilines is 4. The summed E-state index contributed by atoms with van der Waals surface area (Å²) >= 11 is 0. The highest BCUT2D eigenvalue weighted by Gasteiger charge is 2.26. The number of benzene rings is 1. The molecule has 2 aromatic heterocycles. The van der Waals surface area contributed by atoms with Gasteiger partial charge in [0.25, 0.3) is 5.91 Å². The largest absolute Gasteiger partial charge is 0.349 e. The van der Waals surface area contributed by atoms with Gasteiger partial charge in [-0.3, -0.25) is 4.79 Å². The van der Waals surface area contributed by atoms with Gasteiger partial charge in [0.05, 0.1) is 5.69 Å². The van der Waals surface area contributed by atoms with Crippen LogP contribution in [0.3, 0.4) is 0 Å². The van der Waals surface area contributed by atoms with E-state index in [1.807, 2.05) is 12.1 Å². The minimum Gasteiger partial charge on any atom is -0.349 e. The molecule has 1 aliphatic carbocycles. The Morgan fingerprint density at radius 3 is 2.63 bits per heavy atom. The number of carbonyl (C=O) groups excluding carboxylic acids is 1. The number of nitrogens with one attached hydrogen (secondary N) is 3. The number of rotatable bonds is 6. The number of hydrogen-bond acceptors (Lipinski definition) is 8. The van der Waals surface area contributed by atoms with Crippen LogP contribution in [0, 0.1) is 0 Å². The summed E-state index contributed by atoms with van der Waals surface area (Å²) < 4.78 is 0. The molecule has 3 aromatic rings. The van der Waals surface area contributed by atoms with Gasteiger partial charge < -0.3 is 20.9 Å². The van der Waals surface area contributed by atoms with Gasteiger partial charge in [-0.25, -0.2) is 15.0 Å². The highest BCUT2D eigenvalue weighted by Crippen LogP contribution is 2.26. The Bertz CT molecular complexity index is 1250. The molecule has 0 bridgehead atoms. The molecule has 35 heavy (non-hydrogen) atoms. The van der Waals surface area contributed by atoms with Crippen LogP contribution in [-0.4, -0.2) is 50.4 Å². The maximum absolute atomic E-state index is 12.9. The van der Waals surface area contributed by atoms with Crippen LogP contribution in [0.25, 0.3) is 0 Å². The molecule has 1 aromatic carbocycles. The van der Waals surface area contributed by atoms with Crippen molar-refractivity contribution in [2.75, 3.05) is 24.2 Å². The molecule has 0 unspecified atom stereocenters. The Labute approximate surface area is 207 Å². The fourth-order valence-electron chi connectivity index (χ4n) is 4.04. The molecule has 1 aliphatic heterocycles. The van der Waals surface area contributed by atoms with Crippen molar-refractivity contribution in [1.82, 2.24) is 30.2 Å². The monoisotopic (exact) mass is 474 g/mol. The first-order chi connectivity index (χ1) is 16.7. The molecule has 1 amide bonds. The highest BCUT2D eigenvalue weighted by molar-refractivity contribution is 5.99. The van der Waals surface area contributed by atoms with Crippen molar-refractivity contribution in [2.45, 2.75) is 58.0 Å². The summed E-state index contributed by atoms with van der Waals surface area (Å²) in [7, 11) is 2.13. The van der Waals surface area contributed by atoms with E-state index in [1.165, 1.54) is 11.1 Å². The average molecular weight is 475 g/mol. The molecule has 184 valence electrons. The van der Waals surface area contributed by atoms with Crippen molar-refractivity contribution in [1.29, 1.82) is 0 Å². The third-order valence-electron chi connectivity index (χ3n) is 6.27. The average Bonchev–Trinajstić information content (AvgIpc) is 3.62. The summed E-state index contributed by atoms with van der Waals surface area (Å²) in [4.78, 5) is 33.3. The molecule has 0 atom stereocenters. The molecule has 9 heteroatoms. The number of nitrogens with zero attached hydrogens (tertiary/aromatic N) is 5. The lowest BCUT2D eigenvalue weighted by atomic mass is 9.92. The standard InChI is InChI=1S/C26H32N8O.H2/c1-26(2,3)21-9-11-27-24(31-21)32-22-20(23(35)29-18-7-8-18)14-28-25(33-22)30-19-6-5-16-10-12-34(4)15-17(16)13-19;/h5-6,9,11,13-14,18H,7-8,10,12,15H2,1-4H3,(H,29,35)(H2,27,28,30,31,32,33);1H. The van der Waals surface area contributed by atoms with Crippen LogP contribution < -0.4 is 16.0 Å². The summed E-state index contributed by atoms with van der Waals surface area (Å²) in [6.45, 7) is 8.27. The second kappa shape index (κ2) is 9.22. The Morgan fingerprint density at radius 1 is 1.06 bits per heavy atom. The zero-order chi connectivity index (χ0) is 24.6. The second-order valence-corrected chi connectivity index (χ2v) is 10.4. The van der Waals surface area contributed by atoms with Crippen LogP contribution in [0.1, 0.15) is 62.2 Å². The second-order valence-electron chi connectivity index (χ2n) is 10.4. The fraction of sp³-hybridized carbons (Fsp3) is 0.423. The third-order valence-corrected chi connectivity index (χ3v) is 6.27. The molecule has 9 nitrogen and oxygen atoms in total. The SMILES string of the molecule is CN1CCc2ccc(Nc3ncc(C(=O)NC4CC4)c(Nc4nccc(C(C)(C)C)n4)n3)cc2C1.[HH]. The quantitative estimate of drug-likeness (QED) is 0.488. The Kier molecular flexibility index (Phi) is 6.10. The molecule has 1 saturated carbocycles. The van der Waals surface area contributed by atoms with Crippen molar-refractivity contribution in [3.8, 4) is 0 Å². The van der Waals surface area contributed by atoms with Crippen LogP contribution in [0.5, 0.6) is 0 Å². The number of carbonyl (C=O) groups is 1. The van der Waals surface area contributed by atoms with E-state index < -0.39 is 0 Å². The maximum Gasteiger partial charge on any atom is 0.256 e.